The Morgan fingerprint density at radius 3 is 3.00 bits per heavy atom. The van der Waals surface area contributed by atoms with Crippen LogP contribution in [0.5, 0.6) is 11.5 Å². The second-order valence-electron chi connectivity index (χ2n) is 3.78. The monoisotopic (exact) mass is 299 g/mol. The van der Waals surface area contributed by atoms with Crippen molar-refractivity contribution in [1.82, 2.24) is 5.32 Å². The maximum atomic E-state index is 11.8. The standard InChI is InChI=1S/C12H14BrNO3/c1-2-9(13)6-14-12(15)8-3-4-10-11(5-8)17-7-16-10/h3-5,9H,2,6-7H2,1H3,(H,14,15). The fraction of sp³-hybridized carbons (Fsp3) is 0.417. The molecule has 1 unspecified atom stereocenters. The first-order valence-electron chi connectivity index (χ1n) is 5.52. The number of rotatable bonds is 4. The Hall–Kier alpha value is -1.23. The van der Waals surface area contributed by atoms with Crippen molar-refractivity contribution in [3.8, 4) is 11.5 Å². The molecule has 1 aromatic carbocycles. The molecule has 1 N–H and O–H groups in total. The Balaban J connectivity index is 2.00. The Bertz CT molecular complexity index is 422. The van der Waals surface area contributed by atoms with E-state index >= 15 is 0 Å². The van der Waals surface area contributed by atoms with Gasteiger partial charge in [0.2, 0.25) is 6.79 Å². The maximum Gasteiger partial charge on any atom is 0.251 e. The van der Waals surface area contributed by atoms with Crippen LogP contribution in [0.25, 0.3) is 0 Å². The van der Waals surface area contributed by atoms with Gasteiger partial charge >= 0.3 is 0 Å². The lowest BCUT2D eigenvalue weighted by Crippen LogP contribution is -2.29. The number of amides is 1. The van der Waals surface area contributed by atoms with Crippen LogP contribution in [0.4, 0.5) is 0 Å². The molecule has 0 saturated carbocycles. The summed E-state index contributed by atoms with van der Waals surface area (Å²) in [5, 5.41) is 2.86. The molecule has 4 nitrogen and oxygen atoms in total. The number of fused-ring (bicyclic) bond motifs is 1. The van der Waals surface area contributed by atoms with Crippen LogP contribution in [0.3, 0.4) is 0 Å². The average molecular weight is 300 g/mol. The summed E-state index contributed by atoms with van der Waals surface area (Å²) >= 11 is 3.47. The Labute approximate surface area is 108 Å². The zero-order valence-corrected chi connectivity index (χ0v) is 11.1. The summed E-state index contributed by atoms with van der Waals surface area (Å²) in [6.45, 7) is 2.90. The first kappa shape index (κ1) is 12.2. The number of hydrogen-bond donors (Lipinski definition) is 1. The summed E-state index contributed by atoms with van der Waals surface area (Å²) in [5.41, 5.74) is 0.588. The van der Waals surface area contributed by atoms with Gasteiger partial charge < -0.3 is 14.8 Å². The molecular formula is C12H14BrNO3. The van der Waals surface area contributed by atoms with Crippen molar-refractivity contribution < 1.29 is 14.3 Å². The number of nitrogens with one attached hydrogen (secondary N) is 1. The Morgan fingerprint density at radius 1 is 1.47 bits per heavy atom. The van der Waals surface area contributed by atoms with E-state index in [0.717, 1.165) is 6.42 Å². The largest absolute Gasteiger partial charge is 0.454 e. The van der Waals surface area contributed by atoms with Gasteiger partial charge in [-0.15, -0.1) is 0 Å². The van der Waals surface area contributed by atoms with E-state index in [2.05, 4.69) is 28.2 Å². The first-order valence-corrected chi connectivity index (χ1v) is 6.44. The second kappa shape index (κ2) is 5.40. The molecule has 0 bridgehead atoms. The topological polar surface area (TPSA) is 47.6 Å². The summed E-state index contributed by atoms with van der Waals surface area (Å²) in [7, 11) is 0. The number of carbonyl (C=O) groups is 1. The van der Waals surface area contributed by atoms with Gasteiger partial charge in [-0.1, -0.05) is 22.9 Å². The molecule has 5 heteroatoms. The van der Waals surface area contributed by atoms with Crippen LogP contribution in [0.15, 0.2) is 18.2 Å². The molecule has 0 saturated heterocycles. The van der Waals surface area contributed by atoms with Crippen molar-refractivity contribution in [2.75, 3.05) is 13.3 Å². The summed E-state index contributed by atoms with van der Waals surface area (Å²) in [6.07, 6.45) is 0.974. The van der Waals surface area contributed by atoms with Crippen molar-refractivity contribution in [3.05, 3.63) is 23.8 Å². The molecule has 92 valence electrons. The molecule has 0 aliphatic carbocycles. The molecule has 1 heterocycles. The van der Waals surface area contributed by atoms with Crippen LogP contribution in [-0.4, -0.2) is 24.1 Å². The third-order valence-electron chi connectivity index (χ3n) is 2.56. The molecule has 1 aliphatic heterocycles. The van der Waals surface area contributed by atoms with Crippen LogP contribution in [0.2, 0.25) is 0 Å². The van der Waals surface area contributed by atoms with Crippen LogP contribution < -0.4 is 14.8 Å². The lowest BCUT2D eigenvalue weighted by Gasteiger charge is -2.09. The lowest BCUT2D eigenvalue weighted by molar-refractivity contribution is 0.0953. The molecule has 2 rings (SSSR count). The predicted octanol–water partition coefficient (Wildman–Crippen LogP) is 2.32. The van der Waals surface area contributed by atoms with E-state index in [-0.39, 0.29) is 12.7 Å². The molecule has 0 fully saturated rings. The number of hydrogen-bond acceptors (Lipinski definition) is 3. The zero-order chi connectivity index (χ0) is 12.3. The minimum atomic E-state index is -0.0961. The average Bonchev–Trinajstić information content (AvgIpc) is 2.82. The van der Waals surface area contributed by atoms with Crippen molar-refractivity contribution in [2.45, 2.75) is 18.2 Å². The minimum absolute atomic E-state index is 0.0961. The summed E-state index contributed by atoms with van der Waals surface area (Å²) < 4.78 is 10.4. The minimum Gasteiger partial charge on any atom is -0.454 e. The normalized spacial score (nSPS) is 14.5. The predicted molar refractivity (Wildman–Crippen MR) is 67.9 cm³/mol. The van der Waals surface area contributed by atoms with Gasteiger partial charge in [0, 0.05) is 16.9 Å². The van der Waals surface area contributed by atoms with Crippen LogP contribution in [0.1, 0.15) is 23.7 Å². The number of halogens is 1. The van der Waals surface area contributed by atoms with E-state index in [9.17, 15) is 4.79 Å². The summed E-state index contributed by atoms with van der Waals surface area (Å²) in [4.78, 5) is 12.1. The quantitative estimate of drug-likeness (QED) is 0.868. The lowest BCUT2D eigenvalue weighted by atomic mass is 10.2. The van der Waals surface area contributed by atoms with Crippen molar-refractivity contribution in [1.29, 1.82) is 0 Å². The highest BCUT2D eigenvalue weighted by Gasteiger charge is 2.16. The van der Waals surface area contributed by atoms with Gasteiger partial charge in [-0.3, -0.25) is 4.79 Å². The Morgan fingerprint density at radius 2 is 2.24 bits per heavy atom. The van der Waals surface area contributed by atoms with E-state index in [1.165, 1.54) is 0 Å². The first-order chi connectivity index (χ1) is 8.20. The van der Waals surface area contributed by atoms with E-state index in [0.29, 0.717) is 28.4 Å². The molecule has 17 heavy (non-hydrogen) atoms. The SMILES string of the molecule is CCC(Br)CNC(=O)c1ccc2c(c1)OCO2. The molecule has 1 amide bonds. The fourth-order valence-electron chi connectivity index (χ4n) is 1.49. The molecule has 1 aromatic rings. The number of alkyl halides is 1. The Kier molecular flexibility index (Phi) is 3.89. The van der Waals surface area contributed by atoms with Crippen LogP contribution in [-0.2, 0) is 0 Å². The van der Waals surface area contributed by atoms with Gasteiger partial charge in [0.1, 0.15) is 0 Å². The highest BCUT2D eigenvalue weighted by Crippen LogP contribution is 2.32. The summed E-state index contributed by atoms with van der Waals surface area (Å²) in [6, 6.07) is 5.19. The molecular weight excluding hydrogens is 286 g/mol. The number of carbonyl (C=O) groups excluding carboxylic acids is 1. The van der Waals surface area contributed by atoms with E-state index < -0.39 is 0 Å². The molecule has 1 aliphatic rings. The van der Waals surface area contributed by atoms with Crippen LogP contribution in [0, 0.1) is 0 Å². The van der Waals surface area contributed by atoms with E-state index in [4.69, 9.17) is 9.47 Å². The maximum absolute atomic E-state index is 11.8. The van der Waals surface area contributed by atoms with Crippen molar-refractivity contribution in [2.24, 2.45) is 0 Å². The molecule has 0 spiro atoms. The van der Waals surface area contributed by atoms with Crippen LogP contribution >= 0.6 is 15.9 Å². The van der Waals surface area contributed by atoms with Gasteiger partial charge in [0.25, 0.3) is 5.91 Å². The van der Waals surface area contributed by atoms with Gasteiger partial charge in [-0.25, -0.2) is 0 Å². The highest BCUT2D eigenvalue weighted by molar-refractivity contribution is 9.09. The third-order valence-corrected chi connectivity index (χ3v) is 3.53. The smallest absolute Gasteiger partial charge is 0.251 e. The molecule has 0 aromatic heterocycles. The fourth-order valence-corrected chi connectivity index (χ4v) is 1.65. The van der Waals surface area contributed by atoms with Crippen molar-refractivity contribution >= 4 is 21.8 Å². The van der Waals surface area contributed by atoms with Gasteiger partial charge in [-0.05, 0) is 24.6 Å². The third kappa shape index (κ3) is 2.91. The summed E-state index contributed by atoms with van der Waals surface area (Å²) in [5.74, 6) is 1.22. The number of benzene rings is 1. The van der Waals surface area contributed by atoms with Gasteiger partial charge in [0.15, 0.2) is 11.5 Å². The zero-order valence-electron chi connectivity index (χ0n) is 9.53. The second-order valence-corrected chi connectivity index (χ2v) is 5.08. The number of ether oxygens (including phenoxy) is 2. The van der Waals surface area contributed by atoms with Gasteiger partial charge in [0.05, 0.1) is 0 Å². The van der Waals surface area contributed by atoms with Gasteiger partial charge in [-0.2, -0.15) is 0 Å². The molecule has 0 radical (unpaired) electrons. The highest BCUT2D eigenvalue weighted by atomic mass is 79.9. The molecule has 1 atom stereocenters. The van der Waals surface area contributed by atoms with E-state index in [1.807, 2.05) is 0 Å². The van der Waals surface area contributed by atoms with E-state index in [1.54, 1.807) is 18.2 Å². The van der Waals surface area contributed by atoms with Crippen molar-refractivity contribution in [3.63, 3.8) is 0 Å².